The third kappa shape index (κ3) is 4.45. The van der Waals surface area contributed by atoms with Gasteiger partial charge in [-0.15, -0.1) is 0 Å². The molecule has 6 heteroatoms. The lowest BCUT2D eigenvalue weighted by Gasteiger charge is -2.26. The van der Waals surface area contributed by atoms with E-state index in [4.69, 9.17) is 4.74 Å². The fourth-order valence-electron chi connectivity index (χ4n) is 2.90. The minimum Gasteiger partial charge on any atom is -0.383 e. The number of amides is 1. The molecule has 0 spiro atoms. The highest BCUT2D eigenvalue weighted by molar-refractivity contribution is 5.83. The number of carbonyl (C=O) groups is 1. The monoisotopic (exact) mass is 347 g/mol. The van der Waals surface area contributed by atoms with Crippen LogP contribution in [0.15, 0.2) is 24.3 Å². The zero-order valence-electron chi connectivity index (χ0n) is 15.5. The maximum absolute atomic E-state index is 13.5. The summed E-state index contributed by atoms with van der Waals surface area (Å²) in [6.45, 7) is 7.12. The summed E-state index contributed by atoms with van der Waals surface area (Å²) in [6, 6.07) is 6.20. The van der Waals surface area contributed by atoms with Gasteiger partial charge in [-0.05, 0) is 38.5 Å². The predicted molar refractivity (Wildman–Crippen MR) is 94.8 cm³/mol. The molecule has 0 saturated heterocycles. The van der Waals surface area contributed by atoms with Crippen molar-refractivity contribution in [2.45, 2.75) is 33.2 Å². The molecule has 2 rings (SSSR count). The lowest BCUT2D eigenvalue weighted by Crippen LogP contribution is -2.36. The normalized spacial score (nSPS) is 12.2. The first-order chi connectivity index (χ1) is 11.8. The van der Waals surface area contributed by atoms with Crippen LogP contribution >= 0.6 is 0 Å². The number of rotatable bonds is 7. The van der Waals surface area contributed by atoms with Gasteiger partial charge in [0.25, 0.3) is 0 Å². The zero-order chi connectivity index (χ0) is 18.6. The van der Waals surface area contributed by atoms with E-state index in [1.165, 1.54) is 12.1 Å². The second kappa shape index (κ2) is 8.25. The quantitative estimate of drug-likeness (QED) is 0.774. The molecule has 0 fully saturated rings. The smallest absolute Gasteiger partial charge is 0.230 e. The maximum Gasteiger partial charge on any atom is 0.230 e. The highest BCUT2D eigenvalue weighted by Crippen LogP contribution is 2.22. The van der Waals surface area contributed by atoms with E-state index in [9.17, 15) is 9.18 Å². The predicted octanol–water partition coefficient (Wildman–Crippen LogP) is 2.95. The SMILES string of the molecule is COCCN(Cc1c(C)nn(C)c1C)C(=O)C(C)c1cccc(F)c1. The highest BCUT2D eigenvalue weighted by atomic mass is 19.1. The minimum absolute atomic E-state index is 0.0506. The Bertz CT molecular complexity index is 742. The van der Waals surface area contributed by atoms with E-state index in [1.807, 2.05) is 25.6 Å². The summed E-state index contributed by atoms with van der Waals surface area (Å²) in [5, 5.41) is 4.42. The number of hydrogen-bond acceptors (Lipinski definition) is 3. The number of aryl methyl sites for hydroxylation is 2. The average molecular weight is 347 g/mol. The molecule has 5 nitrogen and oxygen atoms in total. The van der Waals surface area contributed by atoms with Crippen molar-refractivity contribution in [3.05, 3.63) is 52.6 Å². The van der Waals surface area contributed by atoms with E-state index >= 15 is 0 Å². The molecule has 1 atom stereocenters. The molecule has 25 heavy (non-hydrogen) atoms. The average Bonchev–Trinajstić information content (AvgIpc) is 2.83. The van der Waals surface area contributed by atoms with Crippen molar-refractivity contribution in [1.29, 1.82) is 0 Å². The Morgan fingerprint density at radius 2 is 2.12 bits per heavy atom. The van der Waals surface area contributed by atoms with Gasteiger partial charge >= 0.3 is 0 Å². The van der Waals surface area contributed by atoms with Crippen LogP contribution in [-0.2, 0) is 23.1 Å². The molecule has 0 bridgehead atoms. The molecule has 1 unspecified atom stereocenters. The van der Waals surface area contributed by atoms with Crippen molar-refractivity contribution >= 4 is 5.91 Å². The summed E-state index contributed by atoms with van der Waals surface area (Å²) in [4.78, 5) is 14.8. The Labute approximate surface area is 148 Å². The largest absolute Gasteiger partial charge is 0.383 e. The third-order valence-corrected chi connectivity index (χ3v) is 4.60. The van der Waals surface area contributed by atoms with Crippen LogP contribution < -0.4 is 0 Å². The zero-order valence-corrected chi connectivity index (χ0v) is 15.5. The standard InChI is InChI=1S/C19H26FN3O2/c1-13(16-7-6-8-17(20)11-16)19(24)23(9-10-25-5)12-18-14(2)21-22(4)15(18)3/h6-8,11,13H,9-10,12H2,1-5H3. The molecule has 0 aliphatic rings. The lowest BCUT2D eigenvalue weighted by molar-refractivity contribution is -0.133. The van der Waals surface area contributed by atoms with Gasteiger partial charge in [0.1, 0.15) is 5.82 Å². The van der Waals surface area contributed by atoms with Gasteiger partial charge in [0.2, 0.25) is 5.91 Å². The highest BCUT2D eigenvalue weighted by Gasteiger charge is 2.24. The molecule has 1 aromatic carbocycles. The van der Waals surface area contributed by atoms with Crippen LogP contribution in [0.5, 0.6) is 0 Å². The van der Waals surface area contributed by atoms with Gasteiger partial charge in [0.15, 0.2) is 0 Å². The number of halogens is 1. The first kappa shape index (κ1) is 19.1. The lowest BCUT2D eigenvalue weighted by atomic mass is 9.99. The molecule has 0 radical (unpaired) electrons. The van der Waals surface area contributed by atoms with Gasteiger partial charge in [-0.1, -0.05) is 12.1 Å². The number of aromatic nitrogens is 2. The van der Waals surface area contributed by atoms with Crippen LogP contribution in [-0.4, -0.2) is 40.8 Å². The molecule has 1 amide bonds. The van der Waals surface area contributed by atoms with Crippen molar-refractivity contribution in [1.82, 2.24) is 14.7 Å². The van der Waals surface area contributed by atoms with E-state index in [0.717, 1.165) is 17.0 Å². The van der Waals surface area contributed by atoms with Gasteiger partial charge in [-0.25, -0.2) is 4.39 Å². The van der Waals surface area contributed by atoms with E-state index < -0.39 is 5.92 Å². The molecule has 0 aliphatic carbocycles. The van der Waals surface area contributed by atoms with Crippen LogP contribution in [0.25, 0.3) is 0 Å². The Hall–Kier alpha value is -2.21. The number of ether oxygens (including phenoxy) is 1. The van der Waals surface area contributed by atoms with Gasteiger partial charge in [-0.2, -0.15) is 5.10 Å². The number of methoxy groups -OCH3 is 1. The number of nitrogens with zero attached hydrogens (tertiary/aromatic N) is 3. The Morgan fingerprint density at radius 3 is 2.68 bits per heavy atom. The van der Waals surface area contributed by atoms with Crippen molar-refractivity contribution in [3.63, 3.8) is 0 Å². The van der Waals surface area contributed by atoms with Gasteiger partial charge in [0, 0.05) is 38.5 Å². The summed E-state index contributed by atoms with van der Waals surface area (Å²) in [6.07, 6.45) is 0. The molecule has 0 saturated carbocycles. The van der Waals surface area contributed by atoms with Gasteiger partial charge in [-0.3, -0.25) is 9.48 Å². The Morgan fingerprint density at radius 1 is 1.40 bits per heavy atom. The van der Waals surface area contributed by atoms with Crippen LogP contribution in [0, 0.1) is 19.7 Å². The second-order valence-corrected chi connectivity index (χ2v) is 6.30. The number of benzene rings is 1. The number of hydrogen-bond donors (Lipinski definition) is 0. The number of carbonyl (C=O) groups excluding carboxylic acids is 1. The van der Waals surface area contributed by atoms with E-state index in [1.54, 1.807) is 31.1 Å². The molecular weight excluding hydrogens is 321 g/mol. The fraction of sp³-hybridized carbons (Fsp3) is 0.474. The topological polar surface area (TPSA) is 47.4 Å². The molecule has 1 aromatic heterocycles. The molecule has 136 valence electrons. The summed E-state index contributed by atoms with van der Waals surface area (Å²) in [5.41, 5.74) is 3.66. The van der Waals surface area contributed by atoms with E-state index in [2.05, 4.69) is 5.10 Å². The third-order valence-electron chi connectivity index (χ3n) is 4.60. The van der Waals surface area contributed by atoms with E-state index in [0.29, 0.717) is 25.3 Å². The van der Waals surface area contributed by atoms with Crippen LogP contribution in [0.1, 0.15) is 35.4 Å². The molecular formula is C19H26FN3O2. The molecule has 2 aromatic rings. The summed E-state index contributed by atoms with van der Waals surface area (Å²) in [7, 11) is 3.50. The molecule has 1 heterocycles. The van der Waals surface area contributed by atoms with Crippen molar-refractivity contribution in [2.75, 3.05) is 20.3 Å². The Balaban J connectivity index is 2.25. The van der Waals surface area contributed by atoms with Crippen LogP contribution in [0.2, 0.25) is 0 Å². The van der Waals surface area contributed by atoms with E-state index in [-0.39, 0.29) is 11.7 Å². The van der Waals surface area contributed by atoms with Crippen molar-refractivity contribution in [2.24, 2.45) is 7.05 Å². The van der Waals surface area contributed by atoms with Gasteiger partial charge in [0.05, 0.1) is 18.2 Å². The van der Waals surface area contributed by atoms with Gasteiger partial charge < -0.3 is 9.64 Å². The van der Waals surface area contributed by atoms with Crippen molar-refractivity contribution in [3.8, 4) is 0 Å². The van der Waals surface area contributed by atoms with Crippen LogP contribution in [0.4, 0.5) is 4.39 Å². The minimum atomic E-state index is -0.426. The summed E-state index contributed by atoms with van der Waals surface area (Å²) >= 11 is 0. The fourth-order valence-corrected chi connectivity index (χ4v) is 2.90. The van der Waals surface area contributed by atoms with Crippen LogP contribution in [0.3, 0.4) is 0 Å². The summed E-state index contributed by atoms with van der Waals surface area (Å²) < 4.78 is 20.5. The molecule has 0 N–H and O–H groups in total. The maximum atomic E-state index is 13.5. The first-order valence-electron chi connectivity index (χ1n) is 8.37. The summed E-state index contributed by atoms with van der Waals surface area (Å²) in [5.74, 6) is -0.810. The Kier molecular flexibility index (Phi) is 6.31. The first-order valence-corrected chi connectivity index (χ1v) is 8.37. The molecule has 0 aliphatic heterocycles. The van der Waals surface area contributed by atoms with Crippen molar-refractivity contribution < 1.29 is 13.9 Å². The second-order valence-electron chi connectivity index (χ2n) is 6.30.